The fourth-order valence-corrected chi connectivity index (χ4v) is 0.986. The number of hydrogen-bond donors (Lipinski definition) is 1. The van der Waals surface area contributed by atoms with Crippen LogP contribution in [0.4, 0.5) is 0 Å². The summed E-state index contributed by atoms with van der Waals surface area (Å²) in [6.45, 7) is 5.49. The van der Waals surface area contributed by atoms with Crippen molar-refractivity contribution in [2.45, 2.75) is 39.5 Å². The highest BCUT2D eigenvalue weighted by molar-refractivity contribution is 4.70. The van der Waals surface area contributed by atoms with Crippen molar-refractivity contribution in [1.82, 2.24) is 5.32 Å². The second kappa shape index (κ2) is 7.07. The van der Waals surface area contributed by atoms with Crippen LogP contribution in [0.5, 0.6) is 0 Å². The molecule has 1 nitrogen and oxygen atoms in total. The standard InChI is InChI=1S/C6H13N.C3H8.H2/c1-7-5-6-3-2-4-6;1-3-2;/h6-7H,2-5H2,1H3;3H2,1-2H3;1H. The van der Waals surface area contributed by atoms with Crippen molar-refractivity contribution in [3.63, 3.8) is 0 Å². The predicted molar refractivity (Wildman–Crippen MR) is 49.3 cm³/mol. The molecule has 0 aromatic carbocycles. The molecule has 10 heavy (non-hydrogen) atoms. The molecule has 1 aliphatic carbocycles. The molecule has 0 bridgehead atoms. The molecule has 1 saturated carbocycles. The minimum Gasteiger partial charge on any atom is -0.319 e. The second-order valence-corrected chi connectivity index (χ2v) is 3.06. The lowest BCUT2D eigenvalue weighted by Gasteiger charge is -2.24. The second-order valence-electron chi connectivity index (χ2n) is 3.06. The maximum absolute atomic E-state index is 3.17. The average molecular weight is 145 g/mol. The summed E-state index contributed by atoms with van der Waals surface area (Å²) in [4.78, 5) is 0. The fraction of sp³-hybridized carbons (Fsp3) is 1.00. The van der Waals surface area contributed by atoms with Crippen LogP contribution in [-0.2, 0) is 0 Å². The van der Waals surface area contributed by atoms with Crippen LogP contribution in [-0.4, -0.2) is 13.6 Å². The van der Waals surface area contributed by atoms with Crippen molar-refractivity contribution in [3.8, 4) is 0 Å². The summed E-state index contributed by atoms with van der Waals surface area (Å²) < 4.78 is 0. The van der Waals surface area contributed by atoms with E-state index in [1.807, 2.05) is 7.05 Å². The van der Waals surface area contributed by atoms with Gasteiger partial charge in [0.05, 0.1) is 0 Å². The zero-order valence-electron chi connectivity index (χ0n) is 7.61. The lowest BCUT2D eigenvalue weighted by atomic mass is 9.86. The van der Waals surface area contributed by atoms with Gasteiger partial charge in [0, 0.05) is 1.43 Å². The number of hydrogen-bond acceptors (Lipinski definition) is 1. The Kier molecular flexibility index (Phi) is 7.04. The molecular formula is C9H23N. The Morgan fingerprint density at radius 2 is 1.90 bits per heavy atom. The summed E-state index contributed by atoms with van der Waals surface area (Å²) in [7, 11) is 2.03. The Bertz CT molecular complexity index is 62.6. The highest BCUT2D eigenvalue weighted by Crippen LogP contribution is 2.24. The molecule has 1 heteroatoms. The molecule has 64 valence electrons. The van der Waals surface area contributed by atoms with Crippen molar-refractivity contribution in [1.29, 1.82) is 0 Å². The zero-order chi connectivity index (χ0) is 7.82. The van der Waals surface area contributed by atoms with Gasteiger partial charge in [0.15, 0.2) is 0 Å². The van der Waals surface area contributed by atoms with E-state index in [1.165, 1.54) is 32.2 Å². The summed E-state index contributed by atoms with van der Waals surface area (Å²) >= 11 is 0. The quantitative estimate of drug-likeness (QED) is 0.630. The van der Waals surface area contributed by atoms with Gasteiger partial charge in [0.1, 0.15) is 0 Å². The van der Waals surface area contributed by atoms with Crippen LogP contribution in [0.1, 0.15) is 41.0 Å². The van der Waals surface area contributed by atoms with Gasteiger partial charge in [0.2, 0.25) is 0 Å². The maximum Gasteiger partial charge on any atom is 0 e. The maximum atomic E-state index is 3.17. The molecular weight excluding hydrogens is 122 g/mol. The van der Waals surface area contributed by atoms with Crippen LogP contribution in [0.3, 0.4) is 0 Å². The lowest BCUT2D eigenvalue weighted by Crippen LogP contribution is -2.24. The zero-order valence-corrected chi connectivity index (χ0v) is 7.61. The first kappa shape index (κ1) is 9.96. The molecule has 0 aliphatic heterocycles. The smallest absolute Gasteiger partial charge is 0 e. The summed E-state index contributed by atoms with van der Waals surface area (Å²) in [5.74, 6) is 1.02. The summed E-state index contributed by atoms with van der Waals surface area (Å²) in [5, 5.41) is 3.17. The molecule has 0 amide bonds. The van der Waals surface area contributed by atoms with E-state index in [0.29, 0.717) is 0 Å². The van der Waals surface area contributed by atoms with Gasteiger partial charge in [-0.1, -0.05) is 26.7 Å². The number of nitrogens with one attached hydrogen (secondary N) is 1. The minimum atomic E-state index is 0. The molecule has 1 rings (SSSR count). The van der Waals surface area contributed by atoms with Crippen molar-refractivity contribution < 1.29 is 1.43 Å². The van der Waals surface area contributed by atoms with E-state index in [4.69, 9.17) is 0 Å². The van der Waals surface area contributed by atoms with E-state index in [1.54, 1.807) is 0 Å². The van der Waals surface area contributed by atoms with Crippen LogP contribution in [0.15, 0.2) is 0 Å². The van der Waals surface area contributed by atoms with Gasteiger partial charge in [-0.25, -0.2) is 0 Å². The Morgan fingerprint density at radius 1 is 1.40 bits per heavy atom. The molecule has 1 N–H and O–H groups in total. The molecule has 0 heterocycles. The molecule has 0 radical (unpaired) electrons. The van der Waals surface area contributed by atoms with Crippen LogP contribution in [0.2, 0.25) is 0 Å². The van der Waals surface area contributed by atoms with Gasteiger partial charge >= 0.3 is 0 Å². The number of rotatable bonds is 2. The Hall–Kier alpha value is -0.0400. The van der Waals surface area contributed by atoms with E-state index < -0.39 is 0 Å². The van der Waals surface area contributed by atoms with Crippen LogP contribution in [0.25, 0.3) is 0 Å². The highest BCUT2D eigenvalue weighted by Gasteiger charge is 2.14. The van der Waals surface area contributed by atoms with Crippen molar-refractivity contribution in [2.24, 2.45) is 5.92 Å². The van der Waals surface area contributed by atoms with E-state index in [-0.39, 0.29) is 1.43 Å². The highest BCUT2D eigenvalue weighted by atomic mass is 14.8. The molecule has 0 saturated heterocycles. The van der Waals surface area contributed by atoms with Crippen LogP contribution < -0.4 is 5.32 Å². The third kappa shape index (κ3) is 4.80. The van der Waals surface area contributed by atoms with E-state index in [0.717, 1.165) is 5.92 Å². The molecule has 0 spiro atoms. The van der Waals surface area contributed by atoms with Gasteiger partial charge in [0.25, 0.3) is 0 Å². The Labute approximate surface area is 66.7 Å². The predicted octanol–water partition coefficient (Wildman–Crippen LogP) is 2.67. The van der Waals surface area contributed by atoms with Crippen molar-refractivity contribution in [3.05, 3.63) is 0 Å². The van der Waals surface area contributed by atoms with E-state index in [9.17, 15) is 0 Å². The molecule has 0 atom stereocenters. The van der Waals surface area contributed by atoms with Gasteiger partial charge in [-0.2, -0.15) is 0 Å². The van der Waals surface area contributed by atoms with Crippen molar-refractivity contribution >= 4 is 0 Å². The van der Waals surface area contributed by atoms with Gasteiger partial charge < -0.3 is 5.32 Å². The molecule has 0 aromatic heterocycles. The SMILES string of the molecule is CCC.CNCC1CCC1.[HH]. The van der Waals surface area contributed by atoms with Crippen LogP contribution in [0, 0.1) is 5.92 Å². The molecule has 0 unspecified atom stereocenters. The van der Waals surface area contributed by atoms with E-state index in [2.05, 4.69) is 19.2 Å². The first-order chi connectivity index (χ1) is 4.85. The van der Waals surface area contributed by atoms with Gasteiger partial charge in [-0.3, -0.25) is 0 Å². The fourth-order valence-electron chi connectivity index (χ4n) is 0.986. The minimum absolute atomic E-state index is 0. The lowest BCUT2D eigenvalue weighted by molar-refractivity contribution is 0.309. The summed E-state index contributed by atoms with van der Waals surface area (Å²) in [6.07, 6.45) is 5.63. The topological polar surface area (TPSA) is 12.0 Å². The third-order valence-electron chi connectivity index (χ3n) is 1.72. The Morgan fingerprint density at radius 3 is 2.00 bits per heavy atom. The van der Waals surface area contributed by atoms with Gasteiger partial charge in [-0.15, -0.1) is 0 Å². The van der Waals surface area contributed by atoms with Crippen molar-refractivity contribution in [2.75, 3.05) is 13.6 Å². The first-order valence-electron chi connectivity index (χ1n) is 4.49. The molecule has 0 aromatic rings. The van der Waals surface area contributed by atoms with Gasteiger partial charge in [-0.05, 0) is 32.4 Å². The summed E-state index contributed by atoms with van der Waals surface area (Å²) in [5.41, 5.74) is 0. The average Bonchev–Trinajstić information content (AvgIpc) is 1.81. The normalized spacial score (nSPS) is 17.1. The molecule has 1 fully saturated rings. The Balaban J connectivity index is 0. The summed E-state index contributed by atoms with van der Waals surface area (Å²) in [6, 6.07) is 0. The van der Waals surface area contributed by atoms with E-state index >= 15 is 0 Å². The molecule has 1 aliphatic rings. The first-order valence-corrected chi connectivity index (χ1v) is 4.49. The third-order valence-corrected chi connectivity index (χ3v) is 1.72. The monoisotopic (exact) mass is 145 g/mol. The van der Waals surface area contributed by atoms with Crippen LogP contribution >= 0.6 is 0 Å². The largest absolute Gasteiger partial charge is 0.319 e.